The molecule has 7 rings (SSSR count). The molecule has 5 aliphatic rings. The highest BCUT2D eigenvalue weighted by Gasteiger charge is 2.67. The monoisotopic (exact) mass is 455 g/mol. The van der Waals surface area contributed by atoms with E-state index in [1.165, 1.54) is 17.0 Å². The van der Waals surface area contributed by atoms with E-state index in [9.17, 15) is 19.2 Å². The minimum Gasteiger partial charge on any atom is -0.454 e. The number of amides is 2. The van der Waals surface area contributed by atoms with Gasteiger partial charge in [-0.3, -0.25) is 19.3 Å². The van der Waals surface area contributed by atoms with Crippen LogP contribution >= 0.6 is 0 Å². The maximum atomic E-state index is 13.2. The third-order valence-corrected chi connectivity index (χ3v) is 8.19. The summed E-state index contributed by atoms with van der Waals surface area (Å²) in [4.78, 5) is 52.6. The topological polar surface area (TPSA) is 80.8 Å². The van der Waals surface area contributed by atoms with Gasteiger partial charge in [-0.15, -0.1) is 0 Å². The second-order valence-electron chi connectivity index (χ2n) is 10.0. The molecule has 2 bridgehead atoms. The van der Waals surface area contributed by atoms with Crippen LogP contribution in [0.5, 0.6) is 0 Å². The van der Waals surface area contributed by atoms with Gasteiger partial charge in [0.25, 0.3) is 0 Å². The van der Waals surface area contributed by atoms with Crippen molar-refractivity contribution in [1.29, 1.82) is 0 Å². The van der Waals surface area contributed by atoms with Crippen molar-refractivity contribution in [2.75, 3.05) is 11.5 Å². The van der Waals surface area contributed by atoms with Gasteiger partial charge in [0.1, 0.15) is 0 Å². The van der Waals surface area contributed by atoms with Crippen LogP contribution in [0.4, 0.5) is 5.69 Å². The van der Waals surface area contributed by atoms with E-state index in [1.807, 2.05) is 19.9 Å². The van der Waals surface area contributed by atoms with E-state index < -0.39 is 5.97 Å². The number of ether oxygens (including phenoxy) is 1. The maximum absolute atomic E-state index is 13.2. The van der Waals surface area contributed by atoms with E-state index in [1.54, 1.807) is 24.3 Å². The fourth-order valence-corrected chi connectivity index (χ4v) is 6.17. The van der Waals surface area contributed by atoms with Crippen molar-refractivity contribution < 1.29 is 23.9 Å². The summed E-state index contributed by atoms with van der Waals surface area (Å²) in [5.74, 6) is -0.226. The van der Waals surface area contributed by atoms with Crippen molar-refractivity contribution >= 4 is 29.3 Å². The number of benzene rings is 2. The molecule has 0 N–H and O–H groups in total. The van der Waals surface area contributed by atoms with Gasteiger partial charge in [0, 0.05) is 5.56 Å². The molecule has 4 aliphatic carbocycles. The van der Waals surface area contributed by atoms with Crippen molar-refractivity contribution in [3.8, 4) is 0 Å². The van der Waals surface area contributed by atoms with Crippen LogP contribution in [-0.4, -0.2) is 30.2 Å². The van der Waals surface area contributed by atoms with Crippen molar-refractivity contribution in [3.05, 3.63) is 76.9 Å². The number of Topliss-reactive ketones (excluding diaryl/α,β-unsaturated/α-hetero) is 1. The Balaban J connectivity index is 1.13. The predicted molar refractivity (Wildman–Crippen MR) is 124 cm³/mol. The molecule has 1 saturated heterocycles. The van der Waals surface area contributed by atoms with Crippen LogP contribution in [0.2, 0.25) is 0 Å². The van der Waals surface area contributed by atoms with E-state index in [2.05, 4.69) is 12.2 Å². The lowest BCUT2D eigenvalue weighted by atomic mass is 9.63. The van der Waals surface area contributed by atoms with Gasteiger partial charge in [0.2, 0.25) is 11.8 Å². The largest absolute Gasteiger partial charge is 0.454 e. The first kappa shape index (κ1) is 21.0. The molecular weight excluding hydrogens is 430 g/mol. The number of hydrogen-bond acceptors (Lipinski definition) is 5. The number of ketones is 1. The SMILES string of the molecule is Cc1ccc(C(=O)COC(=O)c2ccc(N3C(=O)[C@@H]4[C@H]5C=C[C@H]([C@H]6C[C@H]56)[C@@H]4C3=O)cc2)cc1C. The summed E-state index contributed by atoms with van der Waals surface area (Å²) < 4.78 is 5.21. The molecule has 172 valence electrons. The summed E-state index contributed by atoms with van der Waals surface area (Å²) in [6.45, 7) is 3.54. The number of carbonyl (C=O) groups is 4. The quantitative estimate of drug-likeness (QED) is 0.296. The number of anilines is 1. The molecule has 2 aromatic carbocycles. The van der Waals surface area contributed by atoms with Gasteiger partial charge in [-0.2, -0.15) is 0 Å². The first-order valence-corrected chi connectivity index (χ1v) is 11.8. The molecule has 3 fully saturated rings. The van der Waals surface area contributed by atoms with Gasteiger partial charge >= 0.3 is 5.97 Å². The Morgan fingerprint density at radius 3 is 2.03 bits per heavy atom. The van der Waals surface area contributed by atoms with Gasteiger partial charge < -0.3 is 4.74 Å². The van der Waals surface area contributed by atoms with Crippen molar-refractivity contribution in [2.24, 2.45) is 35.5 Å². The molecule has 0 aromatic heterocycles. The molecule has 0 spiro atoms. The van der Waals surface area contributed by atoms with E-state index in [0.717, 1.165) is 17.5 Å². The van der Waals surface area contributed by atoms with Gasteiger partial charge in [-0.05, 0) is 85.4 Å². The van der Waals surface area contributed by atoms with Gasteiger partial charge in [-0.25, -0.2) is 4.79 Å². The smallest absolute Gasteiger partial charge is 0.338 e. The summed E-state index contributed by atoms with van der Waals surface area (Å²) >= 11 is 0. The van der Waals surface area contributed by atoms with Gasteiger partial charge in [-0.1, -0.05) is 24.3 Å². The number of allylic oxidation sites excluding steroid dienone is 2. The minimum atomic E-state index is -0.626. The molecule has 0 radical (unpaired) electrons. The average Bonchev–Trinajstić information content (AvgIpc) is 3.62. The Labute approximate surface area is 197 Å². The summed E-state index contributed by atoms with van der Waals surface area (Å²) in [7, 11) is 0. The molecule has 6 atom stereocenters. The molecule has 1 aliphatic heterocycles. The molecule has 0 unspecified atom stereocenters. The molecule has 2 aromatic rings. The predicted octanol–water partition coefficient (Wildman–Crippen LogP) is 3.90. The van der Waals surface area contributed by atoms with Crippen molar-refractivity contribution in [3.63, 3.8) is 0 Å². The van der Waals surface area contributed by atoms with Crippen LogP contribution < -0.4 is 4.90 Å². The molecule has 6 nitrogen and oxygen atoms in total. The molecule has 1 heterocycles. The highest BCUT2D eigenvalue weighted by atomic mass is 16.5. The van der Waals surface area contributed by atoms with Gasteiger partial charge in [0.05, 0.1) is 23.1 Å². The minimum absolute atomic E-state index is 0.131. The van der Waals surface area contributed by atoms with E-state index in [-0.39, 0.29) is 53.4 Å². The molecule has 34 heavy (non-hydrogen) atoms. The highest BCUT2D eigenvalue weighted by Crippen LogP contribution is 2.65. The second kappa shape index (κ2) is 7.49. The fourth-order valence-electron chi connectivity index (χ4n) is 6.17. The Morgan fingerprint density at radius 1 is 0.853 bits per heavy atom. The summed E-state index contributed by atoms with van der Waals surface area (Å²) in [5.41, 5.74) is 3.32. The lowest BCUT2D eigenvalue weighted by molar-refractivity contribution is -0.124. The normalized spacial score (nSPS) is 30.2. The lowest BCUT2D eigenvalue weighted by Crippen LogP contribution is -2.40. The highest BCUT2D eigenvalue weighted by molar-refractivity contribution is 6.22. The lowest BCUT2D eigenvalue weighted by Gasteiger charge is -2.37. The first-order chi connectivity index (χ1) is 16.3. The zero-order valence-corrected chi connectivity index (χ0v) is 19.1. The molecular formula is C28H25NO5. The number of rotatable bonds is 5. The number of hydrogen-bond donors (Lipinski definition) is 0. The fraction of sp³-hybridized carbons (Fsp3) is 0.357. The van der Waals surface area contributed by atoms with Crippen LogP contribution in [0.3, 0.4) is 0 Å². The first-order valence-electron chi connectivity index (χ1n) is 11.8. The zero-order chi connectivity index (χ0) is 23.7. The number of aryl methyl sites for hydroxylation is 2. The Bertz CT molecular complexity index is 1240. The van der Waals surface area contributed by atoms with E-state index >= 15 is 0 Å². The maximum Gasteiger partial charge on any atom is 0.338 e. The number of esters is 1. The summed E-state index contributed by atoms with van der Waals surface area (Å²) in [6, 6.07) is 11.6. The Hall–Kier alpha value is -3.54. The van der Waals surface area contributed by atoms with Crippen LogP contribution in [-0.2, 0) is 14.3 Å². The average molecular weight is 456 g/mol. The van der Waals surface area contributed by atoms with Crippen LogP contribution in [0.1, 0.15) is 38.3 Å². The summed E-state index contributed by atoms with van der Waals surface area (Å²) in [5, 5.41) is 0. The third-order valence-electron chi connectivity index (χ3n) is 8.19. The number of imide groups is 1. The molecule has 2 saturated carbocycles. The Morgan fingerprint density at radius 2 is 1.44 bits per heavy atom. The second-order valence-corrected chi connectivity index (χ2v) is 10.0. The van der Waals surface area contributed by atoms with Crippen molar-refractivity contribution in [1.82, 2.24) is 0 Å². The standard InChI is InChI=1S/C28H25NO5/c1-14-3-4-17(11-15(14)2)23(30)13-34-28(33)16-5-7-18(8-6-16)29-26(31)24-19-9-10-20(22-12-21(19)22)25(24)27(29)32/h3-11,19-22,24-25H,12-13H2,1-2H3/t19-,20+,21-,22-,24+,25-/m1/s1. The summed E-state index contributed by atoms with van der Waals surface area (Å²) in [6.07, 6.45) is 5.42. The zero-order valence-electron chi connectivity index (χ0n) is 19.1. The van der Waals surface area contributed by atoms with E-state index in [0.29, 0.717) is 23.1 Å². The van der Waals surface area contributed by atoms with E-state index in [4.69, 9.17) is 4.74 Å². The third kappa shape index (κ3) is 3.08. The van der Waals surface area contributed by atoms with Crippen LogP contribution in [0, 0.1) is 49.4 Å². The molecule has 6 heteroatoms. The van der Waals surface area contributed by atoms with Crippen molar-refractivity contribution in [2.45, 2.75) is 20.3 Å². The molecule has 2 amide bonds. The van der Waals surface area contributed by atoms with Gasteiger partial charge in [0.15, 0.2) is 12.4 Å². The number of nitrogens with zero attached hydrogens (tertiary/aromatic N) is 1. The Kier molecular flexibility index (Phi) is 4.63. The number of carbonyl (C=O) groups excluding carboxylic acids is 4. The van der Waals surface area contributed by atoms with Crippen LogP contribution in [0.25, 0.3) is 0 Å². The van der Waals surface area contributed by atoms with Crippen LogP contribution in [0.15, 0.2) is 54.6 Å².